The van der Waals surface area contributed by atoms with E-state index in [0.717, 1.165) is 6.16 Å². The van der Waals surface area contributed by atoms with E-state index in [-0.39, 0.29) is 6.29 Å². The fourth-order valence-electron chi connectivity index (χ4n) is 0.383. The summed E-state index contributed by atoms with van der Waals surface area (Å²) in [5.74, 6) is 0. The van der Waals surface area contributed by atoms with E-state index in [4.69, 9.17) is 9.47 Å². The van der Waals surface area contributed by atoms with Crippen LogP contribution in [0, 0.1) is 0 Å². The van der Waals surface area contributed by atoms with Gasteiger partial charge in [-0.3, -0.25) is 0 Å². The molecule has 2 nitrogen and oxygen atoms in total. The molecule has 0 aromatic rings. The minimum atomic E-state index is -0.0509. The van der Waals surface area contributed by atoms with Crippen LogP contribution in [0.4, 0.5) is 0 Å². The molecule has 1 aliphatic heterocycles. The van der Waals surface area contributed by atoms with Gasteiger partial charge in [-0.2, -0.15) is 0 Å². The molecule has 0 saturated heterocycles. The molecule has 3 heteroatoms. The van der Waals surface area contributed by atoms with E-state index in [1.807, 2.05) is 0 Å². The Hall–Kier alpha value is -0.230. The minimum absolute atomic E-state index is 0.0509. The standard InChI is InChI=1S/C4H7O2P/c7-3-4-5-1-2-6-4/h1-2,4H,3,7H2. The van der Waals surface area contributed by atoms with Gasteiger partial charge in [0, 0.05) is 6.16 Å². The zero-order valence-corrected chi connectivity index (χ0v) is 4.99. The lowest BCUT2D eigenvalue weighted by Gasteiger charge is -2.03. The lowest BCUT2D eigenvalue weighted by atomic mass is 10.8. The van der Waals surface area contributed by atoms with Crippen LogP contribution in [0.2, 0.25) is 0 Å². The molecular formula is C4H7O2P. The third-order valence-electron chi connectivity index (χ3n) is 0.709. The second-order valence-electron chi connectivity index (χ2n) is 1.21. The molecule has 40 valence electrons. The minimum Gasteiger partial charge on any atom is -0.459 e. The molecule has 1 aliphatic rings. The van der Waals surface area contributed by atoms with Crippen molar-refractivity contribution in [1.82, 2.24) is 0 Å². The quantitative estimate of drug-likeness (QED) is 0.472. The normalized spacial score (nSPS) is 19.0. The van der Waals surface area contributed by atoms with Crippen LogP contribution in [-0.2, 0) is 9.47 Å². The molecule has 0 radical (unpaired) electrons. The fraction of sp³-hybridized carbons (Fsp3) is 0.500. The van der Waals surface area contributed by atoms with Crippen LogP contribution in [0.25, 0.3) is 0 Å². The first-order chi connectivity index (χ1) is 3.43. The van der Waals surface area contributed by atoms with Crippen molar-refractivity contribution >= 4 is 9.24 Å². The zero-order chi connectivity index (χ0) is 5.11. The van der Waals surface area contributed by atoms with Gasteiger partial charge >= 0.3 is 0 Å². The lowest BCUT2D eigenvalue weighted by molar-refractivity contribution is -0.00169. The summed E-state index contributed by atoms with van der Waals surface area (Å²) in [7, 11) is 2.53. The van der Waals surface area contributed by atoms with Gasteiger partial charge in [-0.1, -0.05) is 0 Å². The monoisotopic (exact) mass is 118 g/mol. The average molecular weight is 118 g/mol. The third-order valence-corrected chi connectivity index (χ3v) is 1.09. The predicted octanol–water partition coefficient (Wildman–Crippen LogP) is 0.706. The number of rotatable bonds is 1. The SMILES string of the molecule is PCC1OC=CO1. The maximum atomic E-state index is 4.88. The van der Waals surface area contributed by atoms with Crippen molar-refractivity contribution in [3.8, 4) is 0 Å². The molecule has 0 aromatic heterocycles. The molecule has 0 N–H and O–H groups in total. The Morgan fingerprint density at radius 2 is 2.00 bits per heavy atom. The molecule has 0 amide bonds. The average Bonchev–Trinajstić information content (AvgIpc) is 2.14. The Balaban J connectivity index is 2.22. The van der Waals surface area contributed by atoms with Gasteiger partial charge in [0.15, 0.2) is 0 Å². The molecule has 1 atom stereocenters. The highest BCUT2D eigenvalue weighted by atomic mass is 31.0. The summed E-state index contributed by atoms with van der Waals surface area (Å²) in [4.78, 5) is 0. The van der Waals surface area contributed by atoms with Crippen LogP contribution in [0.3, 0.4) is 0 Å². The van der Waals surface area contributed by atoms with Crippen molar-refractivity contribution in [3.63, 3.8) is 0 Å². The fourth-order valence-corrected chi connectivity index (χ4v) is 0.605. The van der Waals surface area contributed by atoms with Crippen LogP contribution in [-0.4, -0.2) is 12.5 Å². The predicted molar refractivity (Wildman–Crippen MR) is 29.7 cm³/mol. The summed E-state index contributed by atoms with van der Waals surface area (Å²) in [6, 6.07) is 0. The van der Waals surface area contributed by atoms with E-state index in [1.54, 1.807) is 12.5 Å². The summed E-state index contributed by atoms with van der Waals surface area (Å²) in [6.07, 6.45) is 3.88. The Morgan fingerprint density at radius 1 is 1.43 bits per heavy atom. The highest BCUT2D eigenvalue weighted by Crippen LogP contribution is 2.06. The van der Waals surface area contributed by atoms with Crippen molar-refractivity contribution in [1.29, 1.82) is 0 Å². The van der Waals surface area contributed by atoms with E-state index in [2.05, 4.69) is 9.24 Å². The molecule has 0 aliphatic carbocycles. The molecule has 1 heterocycles. The first kappa shape index (κ1) is 4.92. The second kappa shape index (κ2) is 2.17. The Kier molecular flexibility index (Phi) is 1.53. The topological polar surface area (TPSA) is 18.5 Å². The molecular weight excluding hydrogens is 111 g/mol. The molecule has 0 spiro atoms. The number of hydrogen-bond donors (Lipinski definition) is 0. The van der Waals surface area contributed by atoms with Gasteiger partial charge in [0.2, 0.25) is 6.29 Å². The van der Waals surface area contributed by atoms with Gasteiger partial charge in [0.05, 0.1) is 0 Å². The summed E-state index contributed by atoms with van der Waals surface area (Å²) in [5.41, 5.74) is 0. The van der Waals surface area contributed by atoms with Crippen molar-refractivity contribution in [2.45, 2.75) is 6.29 Å². The number of hydrogen-bond acceptors (Lipinski definition) is 2. The molecule has 7 heavy (non-hydrogen) atoms. The molecule has 0 bridgehead atoms. The molecule has 0 fully saturated rings. The lowest BCUT2D eigenvalue weighted by Crippen LogP contribution is -2.07. The van der Waals surface area contributed by atoms with Gasteiger partial charge in [-0.15, -0.1) is 9.24 Å². The van der Waals surface area contributed by atoms with Crippen molar-refractivity contribution in [2.75, 3.05) is 6.16 Å². The maximum Gasteiger partial charge on any atom is 0.243 e. The third kappa shape index (κ3) is 1.07. The van der Waals surface area contributed by atoms with Crippen LogP contribution >= 0.6 is 9.24 Å². The molecule has 0 aromatic carbocycles. The number of ether oxygens (including phenoxy) is 2. The van der Waals surface area contributed by atoms with Crippen LogP contribution < -0.4 is 0 Å². The molecule has 1 rings (SSSR count). The van der Waals surface area contributed by atoms with Gasteiger partial charge < -0.3 is 9.47 Å². The Bertz CT molecular complexity index is 73.8. The van der Waals surface area contributed by atoms with E-state index < -0.39 is 0 Å². The first-order valence-corrected chi connectivity index (χ1v) is 2.91. The second-order valence-corrected chi connectivity index (χ2v) is 1.68. The Morgan fingerprint density at radius 3 is 2.29 bits per heavy atom. The highest BCUT2D eigenvalue weighted by Gasteiger charge is 2.06. The first-order valence-electron chi connectivity index (χ1n) is 2.09. The molecule has 1 unspecified atom stereocenters. The van der Waals surface area contributed by atoms with Crippen LogP contribution in [0.1, 0.15) is 0 Å². The van der Waals surface area contributed by atoms with E-state index in [0.29, 0.717) is 0 Å². The van der Waals surface area contributed by atoms with E-state index in [1.165, 1.54) is 0 Å². The van der Waals surface area contributed by atoms with Crippen molar-refractivity contribution in [3.05, 3.63) is 12.5 Å². The van der Waals surface area contributed by atoms with Gasteiger partial charge in [0.1, 0.15) is 12.5 Å². The molecule has 0 saturated carbocycles. The maximum absolute atomic E-state index is 4.88. The summed E-state index contributed by atoms with van der Waals surface area (Å²) >= 11 is 0. The van der Waals surface area contributed by atoms with Gasteiger partial charge in [0.25, 0.3) is 0 Å². The highest BCUT2D eigenvalue weighted by molar-refractivity contribution is 7.16. The van der Waals surface area contributed by atoms with Gasteiger partial charge in [-0.05, 0) is 0 Å². The van der Waals surface area contributed by atoms with Crippen LogP contribution in [0.5, 0.6) is 0 Å². The Labute approximate surface area is 44.7 Å². The van der Waals surface area contributed by atoms with Crippen LogP contribution in [0.15, 0.2) is 12.5 Å². The zero-order valence-electron chi connectivity index (χ0n) is 3.83. The summed E-state index contributed by atoms with van der Waals surface area (Å²) < 4.78 is 9.76. The van der Waals surface area contributed by atoms with E-state index in [9.17, 15) is 0 Å². The summed E-state index contributed by atoms with van der Waals surface area (Å²) in [6.45, 7) is 0. The van der Waals surface area contributed by atoms with Crippen molar-refractivity contribution < 1.29 is 9.47 Å². The van der Waals surface area contributed by atoms with E-state index >= 15 is 0 Å². The van der Waals surface area contributed by atoms with Gasteiger partial charge in [-0.25, -0.2) is 0 Å². The summed E-state index contributed by atoms with van der Waals surface area (Å²) in [5, 5.41) is 0. The van der Waals surface area contributed by atoms with Crippen molar-refractivity contribution in [2.24, 2.45) is 0 Å². The largest absolute Gasteiger partial charge is 0.459 e. The smallest absolute Gasteiger partial charge is 0.243 e.